The summed E-state index contributed by atoms with van der Waals surface area (Å²) in [6.45, 7) is 2.12. The van der Waals surface area contributed by atoms with Gasteiger partial charge in [-0.1, -0.05) is 6.07 Å². The van der Waals surface area contributed by atoms with Crippen molar-refractivity contribution in [3.05, 3.63) is 35.1 Å². The van der Waals surface area contributed by atoms with Gasteiger partial charge in [-0.3, -0.25) is 4.79 Å². The van der Waals surface area contributed by atoms with Crippen LogP contribution >= 0.6 is 0 Å². The molecule has 1 aliphatic rings. The number of hydrogen-bond donors (Lipinski definition) is 1. The first-order valence-corrected chi connectivity index (χ1v) is 5.74. The largest absolute Gasteiger partial charge is 0.317 e. The SMILES string of the molecule is O=Cc1cc(CC2CCNCC2)ccc1F. The number of benzene rings is 1. The van der Waals surface area contributed by atoms with Gasteiger partial charge in [-0.05, 0) is 56.0 Å². The maximum Gasteiger partial charge on any atom is 0.153 e. The fraction of sp³-hybridized carbons (Fsp3) is 0.462. The molecule has 1 heterocycles. The molecule has 1 aromatic rings. The van der Waals surface area contributed by atoms with Crippen molar-refractivity contribution in [3.63, 3.8) is 0 Å². The van der Waals surface area contributed by atoms with E-state index >= 15 is 0 Å². The predicted molar refractivity (Wildman–Crippen MR) is 61.1 cm³/mol. The van der Waals surface area contributed by atoms with E-state index in [-0.39, 0.29) is 5.56 Å². The lowest BCUT2D eigenvalue weighted by Crippen LogP contribution is -2.28. The molecule has 0 spiro atoms. The number of rotatable bonds is 3. The third-order valence-electron chi connectivity index (χ3n) is 3.17. The summed E-state index contributed by atoms with van der Waals surface area (Å²) in [6.07, 6.45) is 3.85. The first-order valence-electron chi connectivity index (χ1n) is 5.74. The molecule has 0 bridgehead atoms. The molecule has 1 fully saturated rings. The van der Waals surface area contributed by atoms with Gasteiger partial charge in [0.1, 0.15) is 5.82 Å². The molecule has 0 aromatic heterocycles. The Kier molecular flexibility index (Phi) is 3.67. The Morgan fingerprint density at radius 2 is 2.12 bits per heavy atom. The van der Waals surface area contributed by atoms with Crippen molar-refractivity contribution in [2.24, 2.45) is 5.92 Å². The van der Waals surface area contributed by atoms with Crippen molar-refractivity contribution in [2.45, 2.75) is 19.3 Å². The minimum atomic E-state index is -0.427. The molecule has 1 N–H and O–H groups in total. The minimum absolute atomic E-state index is 0.173. The topological polar surface area (TPSA) is 29.1 Å². The van der Waals surface area contributed by atoms with Crippen LogP contribution in [0.3, 0.4) is 0 Å². The third-order valence-corrected chi connectivity index (χ3v) is 3.17. The van der Waals surface area contributed by atoms with Gasteiger partial charge >= 0.3 is 0 Å². The Morgan fingerprint density at radius 1 is 1.38 bits per heavy atom. The van der Waals surface area contributed by atoms with E-state index in [0.717, 1.165) is 37.9 Å². The molecule has 0 amide bonds. The van der Waals surface area contributed by atoms with Crippen LogP contribution in [0.4, 0.5) is 4.39 Å². The number of carbonyl (C=O) groups is 1. The second kappa shape index (κ2) is 5.21. The summed E-state index contributed by atoms with van der Waals surface area (Å²) in [5.41, 5.74) is 1.24. The second-order valence-electron chi connectivity index (χ2n) is 4.37. The van der Waals surface area contributed by atoms with Crippen molar-refractivity contribution >= 4 is 6.29 Å². The van der Waals surface area contributed by atoms with Gasteiger partial charge in [0.2, 0.25) is 0 Å². The second-order valence-corrected chi connectivity index (χ2v) is 4.37. The number of piperidine rings is 1. The van der Waals surface area contributed by atoms with Crippen LogP contribution in [0.25, 0.3) is 0 Å². The molecule has 0 atom stereocenters. The van der Waals surface area contributed by atoms with Crippen LogP contribution in [0, 0.1) is 11.7 Å². The summed E-state index contributed by atoms with van der Waals surface area (Å²) in [4.78, 5) is 10.6. The normalized spacial score (nSPS) is 17.3. The summed E-state index contributed by atoms with van der Waals surface area (Å²) < 4.78 is 13.1. The molecule has 3 heteroatoms. The van der Waals surface area contributed by atoms with Crippen LogP contribution < -0.4 is 5.32 Å². The van der Waals surface area contributed by atoms with Crippen molar-refractivity contribution < 1.29 is 9.18 Å². The molecule has 0 aliphatic carbocycles. The zero-order valence-corrected chi connectivity index (χ0v) is 9.21. The lowest BCUT2D eigenvalue weighted by Gasteiger charge is -2.22. The van der Waals surface area contributed by atoms with Crippen LogP contribution in [0.1, 0.15) is 28.8 Å². The minimum Gasteiger partial charge on any atom is -0.317 e. The molecule has 16 heavy (non-hydrogen) atoms. The van der Waals surface area contributed by atoms with Crippen LogP contribution in [0.2, 0.25) is 0 Å². The van der Waals surface area contributed by atoms with Crippen LogP contribution in [-0.4, -0.2) is 19.4 Å². The molecule has 0 saturated carbocycles. The fourth-order valence-electron chi connectivity index (χ4n) is 2.23. The number of carbonyl (C=O) groups excluding carboxylic acids is 1. The van der Waals surface area contributed by atoms with Gasteiger partial charge in [-0.15, -0.1) is 0 Å². The predicted octanol–water partition coefficient (Wildman–Crippen LogP) is 2.18. The number of hydrogen-bond acceptors (Lipinski definition) is 2. The Hall–Kier alpha value is -1.22. The van der Waals surface area contributed by atoms with E-state index in [1.807, 2.05) is 0 Å². The molecule has 86 valence electrons. The van der Waals surface area contributed by atoms with Crippen LogP contribution in [0.5, 0.6) is 0 Å². The Morgan fingerprint density at radius 3 is 2.81 bits per heavy atom. The summed E-state index contributed by atoms with van der Waals surface area (Å²) in [5, 5.41) is 3.32. The van der Waals surface area contributed by atoms with E-state index in [1.165, 1.54) is 6.07 Å². The fourth-order valence-corrected chi connectivity index (χ4v) is 2.23. The molecular weight excluding hydrogens is 205 g/mol. The summed E-state index contributed by atoms with van der Waals surface area (Å²) in [5.74, 6) is 0.232. The van der Waals surface area contributed by atoms with Gasteiger partial charge in [0.05, 0.1) is 5.56 Å². The molecular formula is C13H16FNO. The maximum absolute atomic E-state index is 13.1. The average Bonchev–Trinajstić information content (AvgIpc) is 2.33. The molecule has 0 radical (unpaired) electrons. The molecule has 0 unspecified atom stereocenters. The van der Waals surface area contributed by atoms with Crippen molar-refractivity contribution in [2.75, 3.05) is 13.1 Å². The first kappa shape index (κ1) is 11.3. The monoisotopic (exact) mass is 221 g/mol. The van der Waals surface area contributed by atoms with E-state index in [1.54, 1.807) is 12.1 Å². The van der Waals surface area contributed by atoms with Crippen molar-refractivity contribution in [1.29, 1.82) is 0 Å². The summed E-state index contributed by atoms with van der Waals surface area (Å²) >= 11 is 0. The van der Waals surface area contributed by atoms with E-state index in [4.69, 9.17) is 0 Å². The Labute approximate surface area is 94.9 Å². The highest BCUT2D eigenvalue weighted by Crippen LogP contribution is 2.19. The Balaban J connectivity index is 2.05. The number of nitrogens with one attached hydrogen (secondary N) is 1. The van der Waals surface area contributed by atoms with Gasteiger partial charge < -0.3 is 5.32 Å². The van der Waals surface area contributed by atoms with E-state index < -0.39 is 5.82 Å². The van der Waals surface area contributed by atoms with E-state index in [0.29, 0.717) is 12.2 Å². The molecule has 2 nitrogen and oxygen atoms in total. The number of aldehydes is 1. The van der Waals surface area contributed by atoms with Gasteiger partial charge in [0, 0.05) is 0 Å². The summed E-state index contributed by atoms with van der Waals surface area (Å²) in [6, 6.07) is 4.84. The lowest BCUT2D eigenvalue weighted by atomic mass is 9.90. The highest BCUT2D eigenvalue weighted by atomic mass is 19.1. The molecule has 1 aliphatic heterocycles. The molecule has 2 rings (SSSR count). The van der Waals surface area contributed by atoms with E-state index in [2.05, 4.69) is 5.32 Å². The van der Waals surface area contributed by atoms with Crippen LogP contribution in [-0.2, 0) is 6.42 Å². The van der Waals surface area contributed by atoms with Gasteiger partial charge in [0.25, 0.3) is 0 Å². The Bertz CT molecular complexity index is 372. The number of halogens is 1. The molecule has 1 saturated heterocycles. The van der Waals surface area contributed by atoms with Crippen molar-refractivity contribution in [1.82, 2.24) is 5.32 Å². The lowest BCUT2D eigenvalue weighted by molar-refractivity contribution is 0.111. The zero-order valence-electron chi connectivity index (χ0n) is 9.21. The van der Waals surface area contributed by atoms with Gasteiger partial charge in [-0.2, -0.15) is 0 Å². The quantitative estimate of drug-likeness (QED) is 0.793. The van der Waals surface area contributed by atoms with Crippen LogP contribution in [0.15, 0.2) is 18.2 Å². The maximum atomic E-state index is 13.1. The van der Waals surface area contributed by atoms with Gasteiger partial charge in [0.15, 0.2) is 6.29 Å². The highest BCUT2D eigenvalue weighted by Gasteiger charge is 2.14. The summed E-state index contributed by atoms with van der Waals surface area (Å²) in [7, 11) is 0. The van der Waals surface area contributed by atoms with Crippen molar-refractivity contribution in [3.8, 4) is 0 Å². The first-order chi connectivity index (χ1) is 7.79. The standard InChI is InChI=1S/C13H16FNO/c14-13-2-1-11(8-12(13)9-16)7-10-3-5-15-6-4-10/h1-2,8-10,15H,3-7H2. The average molecular weight is 221 g/mol. The van der Waals surface area contributed by atoms with Gasteiger partial charge in [-0.25, -0.2) is 4.39 Å². The third kappa shape index (κ3) is 2.67. The molecule has 1 aromatic carbocycles. The smallest absolute Gasteiger partial charge is 0.153 e. The van der Waals surface area contributed by atoms with E-state index in [9.17, 15) is 9.18 Å². The highest BCUT2D eigenvalue weighted by molar-refractivity contribution is 5.75. The zero-order chi connectivity index (χ0) is 11.4.